The third-order valence-corrected chi connectivity index (χ3v) is 6.52. The molecule has 162 valence electrons. The van der Waals surface area contributed by atoms with E-state index in [2.05, 4.69) is 44.1 Å². The van der Waals surface area contributed by atoms with Crippen LogP contribution in [0.2, 0.25) is 0 Å². The van der Waals surface area contributed by atoms with Gasteiger partial charge in [-0.1, -0.05) is 18.2 Å². The van der Waals surface area contributed by atoms with Crippen molar-refractivity contribution < 1.29 is 0 Å². The van der Waals surface area contributed by atoms with Crippen LogP contribution in [0, 0.1) is 22.1 Å². The maximum absolute atomic E-state index is 9.66. The molecular formula is C24H30N6S. The van der Waals surface area contributed by atoms with Gasteiger partial charge in [0.15, 0.2) is 5.17 Å². The van der Waals surface area contributed by atoms with E-state index in [0.29, 0.717) is 16.3 Å². The molecule has 31 heavy (non-hydrogen) atoms. The summed E-state index contributed by atoms with van der Waals surface area (Å²) >= 11 is 1.09. The number of piperidine rings is 1. The molecule has 7 heteroatoms. The molecule has 6 nitrogen and oxygen atoms in total. The largest absolute Gasteiger partial charge is 0.351 e. The van der Waals surface area contributed by atoms with Crippen LogP contribution in [0.15, 0.2) is 42.7 Å². The molecule has 1 aromatic carbocycles. The van der Waals surface area contributed by atoms with Crippen molar-refractivity contribution in [1.82, 2.24) is 15.2 Å². The highest BCUT2D eigenvalue weighted by Crippen LogP contribution is 2.32. The molecule has 2 aromatic rings. The van der Waals surface area contributed by atoms with E-state index >= 15 is 0 Å². The molecule has 0 saturated carbocycles. The van der Waals surface area contributed by atoms with Crippen LogP contribution in [0.4, 0.5) is 0 Å². The Kier molecular flexibility index (Phi) is 6.54. The number of hydrogen-bond donors (Lipinski definition) is 3. The number of amidine groups is 1. The summed E-state index contributed by atoms with van der Waals surface area (Å²) in [6.45, 7) is 8.76. The van der Waals surface area contributed by atoms with Crippen molar-refractivity contribution >= 4 is 22.0 Å². The molecular weight excluding hydrogens is 404 g/mol. The van der Waals surface area contributed by atoms with Gasteiger partial charge < -0.3 is 10.2 Å². The fourth-order valence-corrected chi connectivity index (χ4v) is 5.25. The minimum absolute atomic E-state index is 0.0186. The van der Waals surface area contributed by atoms with E-state index in [4.69, 9.17) is 10.8 Å². The number of nitrogens with one attached hydrogen (secondary N) is 3. The van der Waals surface area contributed by atoms with Crippen LogP contribution >= 0.6 is 11.8 Å². The van der Waals surface area contributed by atoms with Gasteiger partial charge in [0.25, 0.3) is 0 Å². The Morgan fingerprint density at radius 1 is 1.16 bits per heavy atom. The molecule has 0 aliphatic carbocycles. The van der Waals surface area contributed by atoms with E-state index in [-0.39, 0.29) is 22.2 Å². The van der Waals surface area contributed by atoms with E-state index in [0.717, 1.165) is 35.7 Å². The summed E-state index contributed by atoms with van der Waals surface area (Å²) in [4.78, 5) is 6.10. The van der Waals surface area contributed by atoms with Crippen molar-refractivity contribution in [2.24, 2.45) is 0 Å². The Morgan fingerprint density at radius 3 is 2.42 bits per heavy atom. The fraction of sp³-hybridized carbons (Fsp3) is 0.417. The minimum Gasteiger partial charge on any atom is -0.351 e. The molecule has 0 bridgehead atoms. The lowest BCUT2D eigenvalue weighted by Crippen LogP contribution is -2.62. The van der Waals surface area contributed by atoms with Gasteiger partial charge in [0, 0.05) is 47.7 Å². The van der Waals surface area contributed by atoms with Crippen molar-refractivity contribution in [1.29, 1.82) is 16.1 Å². The Bertz CT molecular complexity index is 1010. The van der Waals surface area contributed by atoms with E-state index in [1.165, 1.54) is 0 Å². The van der Waals surface area contributed by atoms with Crippen LogP contribution in [0.25, 0.3) is 11.1 Å². The van der Waals surface area contributed by atoms with Gasteiger partial charge in [-0.2, -0.15) is 5.26 Å². The van der Waals surface area contributed by atoms with E-state index in [1.54, 1.807) is 24.5 Å². The Labute approximate surface area is 189 Å². The van der Waals surface area contributed by atoms with Gasteiger partial charge in [-0.25, -0.2) is 0 Å². The molecule has 1 fully saturated rings. The first kappa shape index (κ1) is 23.0. The quantitative estimate of drug-likeness (QED) is 0.473. The summed E-state index contributed by atoms with van der Waals surface area (Å²) in [6.07, 6.45) is 5.31. The number of thioether (sulfide) groups is 1. The number of aromatic nitrogens is 1. The smallest absolute Gasteiger partial charge is 0.162 e. The highest BCUT2D eigenvalue weighted by molar-refractivity contribution is 8.26. The third-order valence-electron chi connectivity index (χ3n) is 5.61. The van der Waals surface area contributed by atoms with Crippen molar-refractivity contribution in [3.05, 3.63) is 53.9 Å². The standard InChI is InChI=1S/C24H30N6S/c1-23(2)12-19(13-24(3,4)29-23)30(5)22(27)31-21(26)20-9-8-16(11-18(20)14-25)17-7-6-10-28-15-17/h6-11,15,19,26-27,29H,12-13H2,1-5H3. The summed E-state index contributed by atoms with van der Waals surface area (Å²) in [5, 5.41) is 31.0. The molecule has 1 aromatic heterocycles. The van der Waals surface area contributed by atoms with E-state index < -0.39 is 0 Å². The van der Waals surface area contributed by atoms with E-state index in [9.17, 15) is 5.26 Å². The molecule has 2 heterocycles. The Hall–Kier alpha value is -2.69. The minimum atomic E-state index is -0.0186. The summed E-state index contributed by atoms with van der Waals surface area (Å²) in [6, 6.07) is 11.7. The average molecular weight is 435 g/mol. The molecule has 3 N–H and O–H groups in total. The molecule has 3 rings (SSSR count). The fourth-order valence-electron chi connectivity index (χ4n) is 4.48. The third kappa shape index (κ3) is 5.52. The topological polar surface area (TPSA) is 99.7 Å². The molecule has 0 spiro atoms. The number of benzene rings is 1. The summed E-state index contributed by atoms with van der Waals surface area (Å²) < 4.78 is 0. The van der Waals surface area contributed by atoms with Gasteiger partial charge in [0.1, 0.15) is 5.04 Å². The second kappa shape index (κ2) is 8.81. The average Bonchev–Trinajstić information content (AvgIpc) is 2.71. The summed E-state index contributed by atoms with van der Waals surface area (Å²) in [7, 11) is 1.93. The molecule has 0 amide bonds. The number of nitrogens with zero attached hydrogens (tertiary/aromatic N) is 3. The Morgan fingerprint density at radius 2 is 1.84 bits per heavy atom. The van der Waals surface area contributed by atoms with Crippen molar-refractivity contribution in [3.63, 3.8) is 0 Å². The second-order valence-electron chi connectivity index (χ2n) is 9.42. The monoisotopic (exact) mass is 434 g/mol. The SMILES string of the molecule is CN(C(=N)SC(=N)c1ccc(-c2cccnc2)cc1C#N)C1CC(C)(C)NC(C)(C)C1. The molecule has 1 saturated heterocycles. The maximum Gasteiger partial charge on any atom is 0.162 e. The zero-order valence-corrected chi connectivity index (χ0v) is 19.6. The maximum atomic E-state index is 9.66. The summed E-state index contributed by atoms with van der Waals surface area (Å²) in [5.74, 6) is 0. The van der Waals surface area contributed by atoms with Crippen LogP contribution in [0.5, 0.6) is 0 Å². The lowest BCUT2D eigenvalue weighted by atomic mass is 9.79. The molecule has 0 unspecified atom stereocenters. The zero-order chi connectivity index (χ0) is 22.8. The molecule has 0 atom stereocenters. The predicted octanol–water partition coefficient (Wildman–Crippen LogP) is 4.85. The van der Waals surface area contributed by atoms with Crippen molar-refractivity contribution in [2.75, 3.05) is 7.05 Å². The first-order valence-corrected chi connectivity index (χ1v) is 11.1. The van der Waals surface area contributed by atoms with Gasteiger partial charge in [0.05, 0.1) is 11.6 Å². The lowest BCUT2D eigenvalue weighted by molar-refractivity contribution is 0.114. The van der Waals surface area contributed by atoms with Gasteiger partial charge in [-0.3, -0.25) is 15.8 Å². The second-order valence-corrected chi connectivity index (χ2v) is 10.4. The van der Waals surface area contributed by atoms with Crippen LogP contribution < -0.4 is 5.32 Å². The normalized spacial score (nSPS) is 17.5. The van der Waals surface area contributed by atoms with Crippen LogP contribution in [0.3, 0.4) is 0 Å². The Balaban J connectivity index is 1.75. The molecule has 1 aliphatic rings. The lowest BCUT2D eigenvalue weighted by Gasteiger charge is -2.49. The number of nitriles is 1. The molecule has 0 radical (unpaired) electrons. The van der Waals surface area contributed by atoms with E-state index in [1.807, 2.05) is 30.1 Å². The first-order chi connectivity index (χ1) is 14.5. The van der Waals surface area contributed by atoms with Gasteiger partial charge in [-0.15, -0.1) is 0 Å². The number of pyridine rings is 1. The van der Waals surface area contributed by atoms with Gasteiger partial charge >= 0.3 is 0 Å². The van der Waals surface area contributed by atoms with Crippen molar-refractivity contribution in [3.8, 4) is 17.2 Å². The molecule has 1 aliphatic heterocycles. The zero-order valence-electron chi connectivity index (χ0n) is 18.8. The summed E-state index contributed by atoms with van der Waals surface area (Å²) in [5.41, 5.74) is 2.75. The first-order valence-electron chi connectivity index (χ1n) is 10.3. The highest BCUT2D eigenvalue weighted by atomic mass is 32.2. The number of rotatable bonds is 3. The van der Waals surface area contributed by atoms with Crippen LogP contribution in [-0.2, 0) is 0 Å². The number of hydrogen-bond acceptors (Lipinski definition) is 6. The van der Waals surface area contributed by atoms with Gasteiger partial charge in [0.2, 0.25) is 0 Å². The van der Waals surface area contributed by atoms with Crippen LogP contribution in [0.1, 0.15) is 51.7 Å². The van der Waals surface area contributed by atoms with Crippen LogP contribution in [-0.4, -0.2) is 44.3 Å². The predicted molar refractivity (Wildman–Crippen MR) is 129 cm³/mol. The highest BCUT2D eigenvalue weighted by Gasteiger charge is 2.39. The van der Waals surface area contributed by atoms with Gasteiger partial charge in [-0.05, 0) is 70.0 Å². The van der Waals surface area contributed by atoms with Crippen molar-refractivity contribution in [2.45, 2.75) is 57.7 Å².